The van der Waals surface area contributed by atoms with Gasteiger partial charge in [0, 0.05) is 55.7 Å². The van der Waals surface area contributed by atoms with Crippen molar-refractivity contribution in [1.29, 1.82) is 0 Å². The summed E-state index contributed by atoms with van der Waals surface area (Å²) in [5.41, 5.74) is 2.12. The summed E-state index contributed by atoms with van der Waals surface area (Å²) in [6.07, 6.45) is 4.99. The van der Waals surface area contributed by atoms with E-state index in [-0.39, 0.29) is 18.3 Å². The van der Waals surface area contributed by atoms with Crippen LogP contribution in [0.5, 0.6) is 5.75 Å². The van der Waals surface area contributed by atoms with Crippen LogP contribution in [0, 0.1) is 0 Å². The molecule has 31 heavy (non-hydrogen) atoms. The monoisotopic (exact) mass is 460 g/mol. The molecule has 4 rings (SSSR count). The van der Waals surface area contributed by atoms with E-state index < -0.39 is 0 Å². The molecule has 1 fully saturated rings. The Kier molecular flexibility index (Phi) is 7.82. The first-order valence-electron chi connectivity index (χ1n) is 10.1. The molecular formula is C23H26Cl2N4O2. The van der Waals surface area contributed by atoms with E-state index in [1.54, 1.807) is 13.3 Å². The van der Waals surface area contributed by atoms with E-state index in [2.05, 4.69) is 9.88 Å². The Bertz CT molecular complexity index is 999. The van der Waals surface area contributed by atoms with Crippen LogP contribution in [-0.2, 0) is 11.2 Å². The van der Waals surface area contributed by atoms with Gasteiger partial charge in [-0.15, -0.1) is 12.4 Å². The quantitative estimate of drug-likeness (QED) is 0.551. The van der Waals surface area contributed by atoms with Crippen molar-refractivity contribution in [2.24, 2.45) is 0 Å². The molecule has 0 unspecified atom stereocenters. The van der Waals surface area contributed by atoms with Crippen molar-refractivity contribution >= 4 is 35.9 Å². The van der Waals surface area contributed by atoms with Gasteiger partial charge >= 0.3 is 0 Å². The average Bonchev–Trinajstić information content (AvgIpc) is 3.28. The van der Waals surface area contributed by atoms with Crippen molar-refractivity contribution in [3.05, 3.63) is 71.5 Å². The highest BCUT2D eigenvalue weighted by atomic mass is 35.5. The van der Waals surface area contributed by atoms with Crippen LogP contribution in [0.4, 0.5) is 5.95 Å². The smallest absolute Gasteiger partial charge is 0.223 e. The molecule has 164 valence electrons. The Morgan fingerprint density at radius 3 is 2.52 bits per heavy atom. The minimum absolute atomic E-state index is 0. The zero-order valence-corrected chi connectivity index (χ0v) is 19.0. The summed E-state index contributed by atoms with van der Waals surface area (Å²) in [6, 6.07) is 15.6. The van der Waals surface area contributed by atoms with Gasteiger partial charge in [-0.2, -0.15) is 0 Å². The molecule has 0 aliphatic carbocycles. The second-order valence-electron chi connectivity index (χ2n) is 7.29. The fraction of sp³-hybridized carbons (Fsp3) is 0.304. The number of rotatable bonds is 6. The van der Waals surface area contributed by atoms with Crippen molar-refractivity contribution in [3.8, 4) is 11.4 Å². The SMILES string of the molecule is COc1ccc(CCC(=O)N2CCN(c3nccn3-c3cccc(Cl)c3)CC2)cc1.Cl. The first-order chi connectivity index (χ1) is 14.6. The number of amides is 1. The highest BCUT2D eigenvalue weighted by Gasteiger charge is 2.23. The summed E-state index contributed by atoms with van der Waals surface area (Å²) < 4.78 is 7.21. The van der Waals surface area contributed by atoms with Gasteiger partial charge < -0.3 is 14.5 Å². The zero-order valence-electron chi connectivity index (χ0n) is 17.4. The molecule has 8 heteroatoms. The van der Waals surface area contributed by atoms with Crippen LogP contribution < -0.4 is 9.64 Å². The summed E-state index contributed by atoms with van der Waals surface area (Å²) in [7, 11) is 1.65. The molecule has 3 aromatic rings. The Morgan fingerprint density at radius 2 is 1.84 bits per heavy atom. The molecule has 0 saturated carbocycles. The molecule has 2 heterocycles. The molecule has 0 radical (unpaired) electrons. The molecule has 0 atom stereocenters. The predicted molar refractivity (Wildman–Crippen MR) is 126 cm³/mol. The minimum Gasteiger partial charge on any atom is -0.497 e. The van der Waals surface area contributed by atoms with Gasteiger partial charge in [-0.05, 0) is 42.3 Å². The van der Waals surface area contributed by atoms with Crippen LogP contribution in [0.2, 0.25) is 5.02 Å². The highest BCUT2D eigenvalue weighted by Crippen LogP contribution is 2.22. The standard InChI is InChI=1S/C23H25ClN4O2.ClH/c1-30-21-8-5-18(6-9-21)7-10-22(29)26-13-15-27(16-14-26)23-25-11-12-28(23)20-4-2-3-19(24)17-20;/h2-6,8-9,11-12,17H,7,10,13-16H2,1H3;1H. The van der Waals surface area contributed by atoms with Crippen LogP contribution in [0.1, 0.15) is 12.0 Å². The van der Waals surface area contributed by atoms with Crippen molar-refractivity contribution < 1.29 is 9.53 Å². The minimum atomic E-state index is 0. The van der Waals surface area contributed by atoms with Crippen LogP contribution >= 0.6 is 24.0 Å². The highest BCUT2D eigenvalue weighted by molar-refractivity contribution is 6.30. The number of ether oxygens (including phenoxy) is 1. The topological polar surface area (TPSA) is 50.6 Å². The molecule has 1 aromatic heterocycles. The number of aryl methyl sites for hydroxylation is 1. The zero-order chi connectivity index (χ0) is 20.9. The molecule has 0 bridgehead atoms. The Hall–Kier alpha value is -2.70. The number of carbonyl (C=O) groups excluding carboxylic acids is 1. The van der Waals surface area contributed by atoms with Gasteiger partial charge in [0.25, 0.3) is 0 Å². The second-order valence-corrected chi connectivity index (χ2v) is 7.73. The fourth-order valence-corrected chi connectivity index (χ4v) is 3.90. The third-order valence-electron chi connectivity index (χ3n) is 5.41. The number of imidazole rings is 1. The molecule has 0 N–H and O–H groups in total. The van der Waals surface area contributed by atoms with Gasteiger partial charge in [-0.3, -0.25) is 9.36 Å². The number of nitrogens with zero attached hydrogens (tertiary/aromatic N) is 4. The van der Waals surface area contributed by atoms with Crippen molar-refractivity contribution in [1.82, 2.24) is 14.5 Å². The molecule has 1 aliphatic rings. The predicted octanol–water partition coefficient (Wildman–Crippen LogP) is 4.24. The van der Waals surface area contributed by atoms with Crippen LogP contribution in [0.15, 0.2) is 60.9 Å². The van der Waals surface area contributed by atoms with Crippen LogP contribution in [0.3, 0.4) is 0 Å². The molecule has 1 aliphatic heterocycles. The lowest BCUT2D eigenvalue weighted by atomic mass is 10.1. The maximum Gasteiger partial charge on any atom is 0.223 e. The first kappa shape index (κ1) is 23.0. The van der Waals surface area contributed by atoms with Gasteiger partial charge in [0.05, 0.1) is 7.11 Å². The summed E-state index contributed by atoms with van der Waals surface area (Å²) in [5, 5.41) is 0.694. The van der Waals surface area contributed by atoms with E-state index in [1.807, 2.05) is 64.2 Å². The molecule has 1 amide bonds. The van der Waals surface area contributed by atoms with Gasteiger partial charge in [-0.25, -0.2) is 4.98 Å². The Morgan fingerprint density at radius 1 is 1.10 bits per heavy atom. The van der Waals surface area contributed by atoms with E-state index in [1.165, 1.54) is 0 Å². The Balaban J connectivity index is 0.00000272. The lowest BCUT2D eigenvalue weighted by Gasteiger charge is -2.35. The lowest BCUT2D eigenvalue weighted by molar-refractivity contribution is -0.131. The van der Waals surface area contributed by atoms with Gasteiger partial charge in [0.1, 0.15) is 5.75 Å². The van der Waals surface area contributed by atoms with E-state index >= 15 is 0 Å². The molecule has 2 aromatic carbocycles. The number of carbonyl (C=O) groups is 1. The largest absolute Gasteiger partial charge is 0.497 e. The van der Waals surface area contributed by atoms with Crippen molar-refractivity contribution in [3.63, 3.8) is 0 Å². The van der Waals surface area contributed by atoms with Crippen molar-refractivity contribution in [2.75, 3.05) is 38.2 Å². The first-order valence-corrected chi connectivity index (χ1v) is 10.5. The molecule has 6 nitrogen and oxygen atoms in total. The van der Waals surface area contributed by atoms with Crippen LogP contribution in [0.25, 0.3) is 5.69 Å². The number of hydrogen-bond acceptors (Lipinski definition) is 4. The van der Waals surface area contributed by atoms with Gasteiger partial charge in [0.2, 0.25) is 11.9 Å². The summed E-state index contributed by atoms with van der Waals surface area (Å²) in [6.45, 7) is 2.91. The summed E-state index contributed by atoms with van der Waals surface area (Å²) in [5.74, 6) is 1.91. The normalized spacial score (nSPS) is 13.6. The fourth-order valence-electron chi connectivity index (χ4n) is 3.71. The maximum absolute atomic E-state index is 12.7. The molecule has 1 saturated heterocycles. The van der Waals surface area contributed by atoms with Gasteiger partial charge in [0.15, 0.2) is 0 Å². The number of aromatic nitrogens is 2. The van der Waals surface area contributed by atoms with E-state index in [0.29, 0.717) is 24.5 Å². The van der Waals surface area contributed by atoms with Gasteiger partial charge in [-0.1, -0.05) is 29.8 Å². The third-order valence-corrected chi connectivity index (χ3v) is 5.64. The average molecular weight is 461 g/mol. The second kappa shape index (κ2) is 10.6. The lowest BCUT2D eigenvalue weighted by Crippen LogP contribution is -2.49. The number of hydrogen-bond donors (Lipinski definition) is 0. The van der Waals surface area contributed by atoms with Crippen molar-refractivity contribution in [2.45, 2.75) is 12.8 Å². The number of anilines is 1. The number of halogens is 2. The Labute approximate surface area is 193 Å². The number of piperazine rings is 1. The number of benzene rings is 2. The van der Waals surface area contributed by atoms with E-state index in [4.69, 9.17) is 16.3 Å². The van der Waals surface area contributed by atoms with E-state index in [0.717, 1.165) is 42.5 Å². The molecule has 0 spiro atoms. The third kappa shape index (κ3) is 5.51. The van der Waals surface area contributed by atoms with E-state index in [9.17, 15) is 4.79 Å². The summed E-state index contributed by atoms with van der Waals surface area (Å²) >= 11 is 6.15. The molecular weight excluding hydrogens is 435 g/mol. The number of methoxy groups -OCH3 is 1. The maximum atomic E-state index is 12.7. The van der Waals surface area contributed by atoms with Crippen LogP contribution in [-0.4, -0.2) is 53.6 Å². The summed E-state index contributed by atoms with van der Waals surface area (Å²) in [4.78, 5) is 21.4.